The Hall–Kier alpha value is -4.42. The van der Waals surface area contributed by atoms with E-state index in [1.165, 1.54) is 0 Å². The predicted octanol–water partition coefficient (Wildman–Crippen LogP) is 7.75. The van der Waals surface area contributed by atoms with Crippen LogP contribution in [0.25, 0.3) is 16.9 Å². The Morgan fingerprint density at radius 1 is 0.757 bits per heavy atom. The van der Waals surface area contributed by atoms with Crippen molar-refractivity contribution in [1.82, 2.24) is 0 Å². The highest BCUT2D eigenvalue weighted by molar-refractivity contribution is 5.80. The van der Waals surface area contributed by atoms with Crippen LogP contribution in [0.4, 0.5) is 0 Å². The lowest BCUT2D eigenvalue weighted by Crippen LogP contribution is -2.26. The van der Waals surface area contributed by atoms with E-state index in [2.05, 4.69) is 54.6 Å². The molecule has 0 aliphatic carbocycles. The molecule has 4 aromatic carbocycles. The molecule has 0 radical (unpaired) electrons. The number of carbonyl (C=O) groups excluding carboxylic acids is 1. The highest BCUT2D eigenvalue weighted by Gasteiger charge is 2.33. The Balaban J connectivity index is 1.41. The number of hydrogen-bond donors (Lipinski definition) is 0. The third kappa shape index (κ3) is 5.88. The van der Waals surface area contributed by atoms with Crippen LogP contribution in [0.5, 0.6) is 0 Å². The van der Waals surface area contributed by atoms with Crippen LogP contribution in [0.3, 0.4) is 0 Å². The van der Waals surface area contributed by atoms with Crippen LogP contribution in [0.15, 0.2) is 121 Å². The highest BCUT2D eigenvalue weighted by Crippen LogP contribution is 2.42. The fourth-order valence-electron chi connectivity index (χ4n) is 5.01. The second-order valence-corrected chi connectivity index (χ2v) is 9.47. The number of rotatable bonds is 8. The Bertz CT molecular complexity index is 1400. The maximum atomic E-state index is 13.0. The van der Waals surface area contributed by atoms with Crippen LogP contribution in [-0.2, 0) is 16.0 Å². The summed E-state index contributed by atoms with van der Waals surface area (Å²) in [6, 6.07) is 41.0. The van der Waals surface area contributed by atoms with Gasteiger partial charge >= 0.3 is 0 Å². The zero-order chi connectivity index (χ0) is 25.5. The van der Waals surface area contributed by atoms with Crippen LogP contribution in [-0.4, -0.2) is 11.9 Å². The number of nitriles is 1. The summed E-state index contributed by atoms with van der Waals surface area (Å²) in [4.78, 5) is 13.0. The van der Waals surface area contributed by atoms with Crippen molar-refractivity contribution in [3.05, 3.63) is 138 Å². The summed E-state index contributed by atoms with van der Waals surface area (Å²) in [5, 5.41) is 10.2. The van der Waals surface area contributed by atoms with E-state index in [0.717, 1.165) is 34.2 Å². The van der Waals surface area contributed by atoms with Crippen molar-refractivity contribution in [2.24, 2.45) is 0 Å². The van der Waals surface area contributed by atoms with Crippen molar-refractivity contribution in [3.63, 3.8) is 0 Å². The van der Waals surface area contributed by atoms with Crippen LogP contribution in [0, 0.1) is 11.3 Å². The molecule has 0 aromatic heterocycles. The highest BCUT2D eigenvalue weighted by atomic mass is 16.5. The number of ether oxygens (including phenoxy) is 1. The van der Waals surface area contributed by atoms with E-state index in [1.54, 1.807) is 0 Å². The third-order valence-electron chi connectivity index (χ3n) is 6.94. The molecular weight excluding hydrogens is 454 g/mol. The number of aryl methyl sites for hydroxylation is 1. The predicted molar refractivity (Wildman–Crippen MR) is 147 cm³/mol. The molecule has 3 nitrogen and oxygen atoms in total. The van der Waals surface area contributed by atoms with E-state index >= 15 is 0 Å². The number of nitrogens with zero attached hydrogens (tertiary/aromatic N) is 1. The molecule has 0 amide bonds. The first-order chi connectivity index (χ1) is 18.2. The molecule has 1 heterocycles. The summed E-state index contributed by atoms with van der Waals surface area (Å²) in [6.07, 6.45) is 1.85. The van der Waals surface area contributed by atoms with Gasteiger partial charge in [0.2, 0.25) is 0 Å². The molecule has 1 aliphatic heterocycles. The largest absolute Gasteiger partial charge is 0.488 e. The molecule has 0 saturated heterocycles. The van der Waals surface area contributed by atoms with Gasteiger partial charge in [-0.3, -0.25) is 4.79 Å². The molecule has 0 bridgehead atoms. The number of carbonyl (C=O) groups is 1. The number of hydrogen-bond acceptors (Lipinski definition) is 3. The van der Waals surface area contributed by atoms with Gasteiger partial charge in [-0.25, -0.2) is 0 Å². The lowest BCUT2D eigenvalue weighted by Gasteiger charge is -2.32. The molecule has 3 heteroatoms. The topological polar surface area (TPSA) is 50.1 Å². The van der Waals surface area contributed by atoms with Gasteiger partial charge < -0.3 is 4.74 Å². The number of Topliss-reactive ketones (excluding diaryl/α,β-unsaturated/α-hetero) is 1. The van der Waals surface area contributed by atoms with E-state index in [0.29, 0.717) is 30.6 Å². The van der Waals surface area contributed by atoms with Gasteiger partial charge in [-0.05, 0) is 35.1 Å². The molecule has 0 fully saturated rings. The number of benzene rings is 4. The summed E-state index contributed by atoms with van der Waals surface area (Å²) < 4.78 is 6.38. The Labute approximate surface area is 218 Å². The first-order valence-corrected chi connectivity index (χ1v) is 12.8. The summed E-state index contributed by atoms with van der Waals surface area (Å²) >= 11 is 0. The second-order valence-electron chi connectivity index (χ2n) is 9.47. The van der Waals surface area contributed by atoms with Gasteiger partial charge in [0.25, 0.3) is 0 Å². The molecule has 0 N–H and O–H groups in total. The molecular formula is C34H29NO2. The fourth-order valence-corrected chi connectivity index (χ4v) is 5.01. The maximum Gasteiger partial charge on any atom is 0.141 e. The van der Waals surface area contributed by atoms with E-state index in [4.69, 9.17) is 4.74 Å². The lowest BCUT2D eigenvalue weighted by molar-refractivity contribution is -0.121. The minimum absolute atomic E-state index is 0.134. The monoisotopic (exact) mass is 483 g/mol. The van der Waals surface area contributed by atoms with Gasteiger partial charge in [0.15, 0.2) is 0 Å². The number of ketones is 1. The van der Waals surface area contributed by atoms with E-state index in [9.17, 15) is 10.1 Å². The average molecular weight is 484 g/mol. The van der Waals surface area contributed by atoms with E-state index in [-0.39, 0.29) is 17.8 Å². The first kappa shape index (κ1) is 24.3. The molecule has 2 atom stereocenters. The zero-order valence-corrected chi connectivity index (χ0v) is 20.7. The van der Waals surface area contributed by atoms with Crippen molar-refractivity contribution in [2.75, 3.05) is 0 Å². The quantitative estimate of drug-likeness (QED) is 0.257. The lowest BCUT2D eigenvalue weighted by atomic mass is 9.81. The molecule has 0 saturated carbocycles. The standard InChI is InChI=1S/C34H29NO2/c35-24-33-32(28-19-17-27(18-20-28)26-12-6-2-7-13-26)23-31(37-34(33)29-14-8-3-9-15-29)22-30(36)21-16-25-10-4-1-5-11-25/h1-15,17-20,31-32H,16,21-23H2/t31-,32+/m1/s1. The van der Waals surface area contributed by atoms with Crippen molar-refractivity contribution in [3.8, 4) is 17.2 Å². The zero-order valence-electron chi connectivity index (χ0n) is 20.7. The van der Waals surface area contributed by atoms with Crippen molar-refractivity contribution < 1.29 is 9.53 Å². The third-order valence-corrected chi connectivity index (χ3v) is 6.94. The average Bonchev–Trinajstić information content (AvgIpc) is 2.97. The summed E-state index contributed by atoms with van der Waals surface area (Å²) in [6.45, 7) is 0. The molecule has 0 spiro atoms. The van der Waals surface area contributed by atoms with Crippen molar-refractivity contribution >= 4 is 11.5 Å². The molecule has 4 aromatic rings. The fraction of sp³-hybridized carbons (Fsp3) is 0.176. The van der Waals surface area contributed by atoms with Gasteiger partial charge in [0.05, 0.1) is 11.6 Å². The second kappa shape index (κ2) is 11.5. The Morgan fingerprint density at radius 3 is 1.95 bits per heavy atom. The molecule has 37 heavy (non-hydrogen) atoms. The van der Waals surface area contributed by atoms with Crippen LogP contribution < -0.4 is 0 Å². The SMILES string of the molecule is N#CC1=C(c2ccccc2)O[C@H](CC(=O)CCc2ccccc2)C[C@H]1c1ccc(-c2ccccc2)cc1. The van der Waals surface area contributed by atoms with Gasteiger partial charge in [0, 0.05) is 24.3 Å². The van der Waals surface area contributed by atoms with E-state index in [1.807, 2.05) is 66.7 Å². The summed E-state index contributed by atoms with van der Waals surface area (Å²) in [5.41, 5.74) is 6.00. The minimum Gasteiger partial charge on any atom is -0.488 e. The van der Waals surface area contributed by atoms with Crippen LogP contribution >= 0.6 is 0 Å². The van der Waals surface area contributed by atoms with Crippen LogP contribution in [0.1, 0.15) is 41.9 Å². The smallest absolute Gasteiger partial charge is 0.141 e. The molecule has 1 aliphatic rings. The molecule has 5 rings (SSSR count). The minimum atomic E-state index is -0.283. The Kier molecular flexibility index (Phi) is 7.58. The van der Waals surface area contributed by atoms with Gasteiger partial charge in [-0.15, -0.1) is 0 Å². The number of allylic oxidation sites excluding steroid dienone is 1. The van der Waals surface area contributed by atoms with Gasteiger partial charge in [0.1, 0.15) is 17.6 Å². The van der Waals surface area contributed by atoms with Crippen LogP contribution in [0.2, 0.25) is 0 Å². The maximum absolute atomic E-state index is 13.0. The van der Waals surface area contributed by atoms with Crippen molar-refractivity contribution in [2.45, 2.75) is 37.7 Å². The van der Waals surface area contributed by atoms with Crippen molar-refractivity contribution in [1.29, 1.82) is 5.26 Å². The first-order valence-electron chi connectivity index (χ1n) is 12.8. The Morgan fingerprint density at radius 2 is 1.32 bits per heavy atom. The summed E-state index contributed by atoms with van der Waals surface area (Å²) in [7, 11) is 0. The molecule has 182 valence electrons. The van der Waals surface area contributed by atoms with E-state index < -0.39 is 0 Å². The molecule has 0 unspecified atom stereocenters. The van der Waals surface area contributed by atoms with Gasteiger partial charge in [-0.1, -0.05) is 115 Å². The normalized spacial score (nSPS) is 17.1. The van der Waals surface area contributed by atoms with Gasteiger partial charge in [-0.2, -0.15) is 5.26 Å². The summed E-state index contributed by atoms with van der Waals surface area (Å²) in [5.74, 6) is 0.637.